The van der Waals surface area contributed by atoms with Gasteiger partial charge in [0.1, 0.15) is 0 Å². The van der Waals surface area contributed by atoms with Gasteiger partial charge in [0, 0.05) is 20.8 Å². The molecule has 0 saturated heterocycles. The summed E-state index contributed by atoms with van der Waals surface area (Å²) < 4.78 is 17.2. The largest absolute Gasteiger partial charge is 0.381 e. The zero-order chi connectivity index (χ0) is 13.6. The van der Waals surface area contributed by atoms with Crippen LogP contribution in [0.3, 0.4) is 0 Å². The Hall–Kier alpha value is -0.380. The third-order valence-electron chi connectivity index (χ3n) is 3.77. The molecule has 0 aromatic carbocycles. The van der Waals surface area contributed by atoms with Crippen LogP contribution in [0.5, 0.6) is 0 Å². The highest BCUT2D eigenvalue weighted by molar-refractivity contribution is 5.11. The Labute approximate surface area is 111 Å². The lowest BCUT2D eigenvalue weighted by Crippen LogP contribution is -2.52. The van der Waals surface area contributed by atoms with Gasteiger partial charge in [0.25, 0.3) is 0 Å². The van der Waals surface area contributed by atoms with Gasteiger partial charge in [-0.3, -0.25) is 0 Å². The maximum Gasteiger partial charge on any atom is 0.0855 e. The molecule has 0 saturated carbocycles. The number of rotatable bonds is 7. The van der Waals surface area contributed by atoms with Crippen LogP contribution in [0, 0.1) is 11.3 Å². The van der Waals surface area contributed by atoms with E-state index in [1.54, 1.807) is 14.2 Å². The molecule has 3 atom stereocenters. The van der Waals surface area contributed by atoms with Crippen molar-refractivity contribution < 1.29 is 14.2 Å². The first-order valence-corrected chi connectivity index (χ1v) is 6.90. The van der Waals surface area contributed by atoms with Gasteiger partial charge in [0.15, 0.2) is 0 Å². The second-order valence-electron chi connectivity index (χ2n) is 5.51. The summed E-state index contributed by atoms with van der Waals surface area (Å²) in [7, 11) is 3.56. The minimum absolute atomic E-state index is 0.0670. The second-order valence-corrected chi connectivity index (χ2v) is 5.51. The molecule has 3 heteroatoms. The molecule has 1 aliphatic carbocycles. The summed E-state index contributed by atoms with van der Waals surface area (Å²) >= 11 is 0. The summed E-state index contributed by atoms with van der Waals surface area (Å²) in [4.78, 5) is 0. The monoisotopic (exact) mass is 256 g/mol. The van der Waals surface area contributed by atoms with Crippen LogP contribution < -0.4 is 0 Å². The SMILES string of the molecule is CCOCC1(CC(C)C)C(OC)C=CCC1OC. The van der Waals surface area contributed by atoms with Gasteiger partial charge in [-0.1, -0.05) is 26.0 Å². The van der Waals surface area contributed by atoms with E-state index in [9.17, 15) is 0 Å². The Balaban J connectivity index is 3.01. The Bertz CT molecular complexity index is 262. The predicted molar refractivity (Wildman–Crippen MR) is 73.7 cm³/mol. The van der Waals surface area contributed by atoms with Crippen molar-refractivity contribution in [3.63, 3.8) is 0 Å². The summed E-state index contributed by atoms with van der Waals surface area (Å²) in [5, 5.41) is 0. The molecule has 0 radical (unpaired) electrons. The molecule has 3 nitrogen and oxygen atoms in total. The number of hydrogen-bond acceptors (Lipinski definition) is 3. The molecule has 0 bridgehead atoms. The number of ether oxygens (including phenoxy) is 3. The molecule has 106 valence electrons. The maximum absolute atomic E-state index is 5.75. The fraction of sp³-hybridized carbons (Fsp3) is 0.867. The van der Waals surface area contributed by atoms with Gasteiger partial charge >= 0.3 is 0 Å². The lowest BCUT2D eigenvalue weighted by atomic mass is 9.68. The van der Waals surface area contributed by atoms with E-state index < -0.39 is 0 Å². The second kappa shape index (κ2) is 7.27. The average molecular weight is 256 g/mol. The Morgan fingerprint density at radius 2 is 2.00 bits per heavy atom. The molecule has 0 N–H and O–H groups in total. The van der Waals surface area contributed by atoms with E-state index >= 15 is 0 Å². The highest BCUT2D eigenvalue weighted by Gasteiger charge is 2.47. The third-order valence-corrected chi connectivity index (χ3v) is 3.77. The van der Waals surface area contributed by atoms with E-state index in [4.69, 9.17) is 14.2 Å². The fourth-order valence-electron chi connectivity index (χ4n) is 3.11. The fourth-order valence-corrected chi connectivity index (χ4v) is 3.11. The van der Waals surface area contributed by atoms with Crippen molar-refractivity contribution in [1.29, 1.82) is 0 Å². The van der Waals surface area contributed by atoms with Crippen molar-refractivity contribution in [2.75, 3.05) is 27.4 Å². The molecule has 18 heavy (non-hydrogen) atoms. The van der Waals surface area contributed by atoms with E-state index in [0.717, 1.165) is 19.4 Å². The minimum atomic E-state index is -0.0670. The standard InChI is InChI=1S/C15H28O3/c1-6-18-11-15(10-12(2)3)13(16-4)8-7-9-14(15)17-5/h7-8,12-14H,6,9-11H2,1-5H3. The van der Waals surface area contributed by atoms with Gasteiger partial charge in [-0.25, -0.2) is 0 Å². The van der Waals surface area contributed by atoms with E-state index in [1.165, 1.54) is 0 Å². The summed E-state index contributed by atoms with van der Waals surface area (Å²) in [5.41, 5.74) is -0.0670. The van der Waals surface area contributed by atoms with Gasteiger partial charge in [0.2, 0.25) is 0 Å². The van der Waals surface area contributed by atoms with Crippen LogP contribution >= 0.6 is 0 Å². The smallest absolute Gasteiger partial charge is 0.0855 e. The quantitative estimate of drug-likeness (QED) is 0.655. The van der Waals surface area contributed by atoms with Crippen molar-refractivity contribution in [3.8, 4) is 0 Å². The molecule has 0 amide bonds. The van der Waals surface area contributed by atoms with Crippen LogP contribution in [0.4, 0.5) is 0 Å². The zero-order valence-corrected chi connectivity index (χ0v) is 12.4. The third kappa shape index (κ3) is 3.34. The molecule has 1 aliphatic rings. The minimum Gasteiger partial charge on any atom is -0.381 e. The van der Waals surface area contributed by atoms with Gasteiger partial charge in [-0.15, -0.1) is 0 Å². The molecule has 0 aromatic heterocycles. The number of methoxy groups -OCH3 is 2. The summed E-state index contributed by atoms with van der Waals surface area (Å²) in [6, 6.07) is 0. The topological polar surface area (TPSA) is 27.7 Å². The Morgan fingerprint density at radius 1 is 1.28 bits per heavy atom. The van der Waals surface area contributed by atoms with Crippen molar-refractivity contribution in [1.82, 2.24) is 0 Å². The lowest BCUT2D eigenvalue weighted by molar-refractivity contribution is -0.134. The van der Waals surface area contributed by atoms with Crippen LogP contribution in [0.2, 0.25) is 0 Å². The first-order chi connectivity index (χ1) is 8.60. The molecule has 1 rings (SSSR count). The van der Waals surface area contributed by atoms with E-state index in [-0.39, 0.29) is 17.6 Å². The Morgan fingerprint density at radius 3 is 2.50 bits per heavy atom. The van der Waals surface area contributed by atoms with Crippen molar-refractivity contribution in [2.45, 2.75) is 45.8 Å². The van der Waals surface area contributed by atoms with Crippen LogP contribution in [0.1, 0.15) is 33.6 Å². The number of hydrogen-bond donors (Lipinski definition) is 0. The summed E-state index contributed by atoms with van der Waals surface area (Å²) in [6.07, 6.45) is 6.56. The summed E-state index contributed by atoms with van der Waals surface area (Å²) in [6.45, 7) is 7.95. The van der Waals surface area contributed by atoms with Crippen molar-refractivity contribution in [2.24, 2.45) is 11.3 Å². The molecule has 0 heterocycles. The van der Waals surface area contributed by atoms with Crippen LogP contribution in [0.15, 0.2) is 12.2 Å². The zero-order valence-electron chi connectivity index (χ0n) is 12.4. The highest BCUT2D eigenvalue weighted by Crippen LogP contribution is 2.42. The van der Waals surface area contributed by atoms with E-state index in [2.05, 4.69) is 26.0 Å². The van der Waals surface area contributed by atoms with Crippen molar-refractivity contribution in [3.05, 3.63) is 12.2 Å². The maximum atomic E-state index is 5.75. The summed E-state index contributed by atoms with van der Waals surface area (Å²) in [5.74, 6) is 0.590. The molecular formula is C15H28O3. The lowest BCUT2D eigenvalue weighted by Gasteiger charge is -2.46. The molecule has 0 fully saturated rings. The van der Waals surface area contributed by atoms with E-state index in [1.807, 2.05) is 6.92 Å². The van der Waals surface area contributed by atoms with Gasteiger partial charge in [-0.05, 0) is 25.7 Å². The highest BCUT2D eigenvalue weighted by atomic mass is 16.5. The van der Waals surface area contributed by atoms with Gasteiger partial charge in [0.05, 0.1) is 24.2 Å². The molecule has 0 aliphatic heterocycles. The Kier molecular flexibility index (Phi) is 6.33. The van der Waals surface area contributed by atoms with Crippen molar-refractivity contribution >= 4 is 0 Å². The average Bonchev–Trinajstić information content (AvgIpc) is 2.35. The van der Waals surface area contributed by atoms with Crippen LogP contribution in [0.25, 0.3) is 0 Å². The molecule has 0 spiro atoms. The normalized spacial score (nSPS) is 32.1. The van der Waals surface area contributed by atoms with Crippen LogP contribution in [-0.2, 0) is 14.2 Å². The van der Waals surface area contributed by atoms with Gasteiger partial charge < -0.3 is 14.2 Å². The molecule has 3 unspecified atom stereocenters. The first kappa shape index (κ1) is 15.7. The first-order valence-electron chi connectivity index (χ1n) is 6.90. The molecule has 0 aromatic rings. The van der Waals surface area contributed by atoms with Crippen LogP contribution in [-0.4, -0.2) is 39.6 Å². The molecular weight excluding hydrogens is 228 g/mol. The predicted octanol–water partition coefficient (Wildman–Crippen LogP) is 3.05. The van der Waals surface area contributed by atoms with E-state index in [0.29, 0.717) is 12.5 Å². The van der Waals surface area contributed by atoms with Gasteiger partial charge in [-0.2, -0.15) is 0 Å².